The molecule has 0 saturated heterocycles. The monoisotopic (exact) mass is 279 g/mol. The molecule has 114 valence electrons. The van der Waals surface area contributed by atoms with Crippen LogP contribution in [0.3, 0.4) is 0 Å². The summed E-state index contributed by atoms with van der Waals surface area (Å²) in [5, 5.41) is 0. The molecule has 0 fully saturated rings. The van der Waals surface area contributed by atoms with Crippen molar-refractivity contribution in [3.05, 3.63) is 29.8 Å². The molecule has 0 aromatic heterocycles. The van der Waals surface area contributed by atoms with E-state index < -0.39 is 0 Å². The first kappa shape index (κ1) is 17.0. The van der Waals surface area contributed by atoms with E-state index >= 15 is 0 Å². The molecule has 3 nitrogen and oxygen atoms in total. The minimum Gasteiger partial charge on any atom is -0.497 e. The average Bonchev–Trinajstić information content (AvgIpc) is 2.47. The normalized spacial score (nSPS) is 15.9. The first-order valence-corrected chi connectivity index (χ1v) is 7.38. The first-order chi connectivity index (χ1) is 9.53. The van der Waals surface area contributed by atoms with E-state index in [0.717, 1.165) is 25.1 Å². The third-order valence-corrected chi connectivity index (χ3v) is 4.19. The van der Waals surface area contributed by atoms with E-state index in [4.69, 9.17) is 9.47 Å². The zero-order valence-corrected chi connectivity index (χ0v) is 13.8. The van der Waals surface area contributed by atoms with Gasteiger partial charge in [-0.25, -0.2) is 0 Å². The third kappa shape index (κ3) is 3.53. The maximum atomic E-state index is 6.04. The van der Waals surface area contributed by atoms with Crippen molar-refractivity contribution in [1.82, 2.24) is 4.90 Å². The van der Waals surface area contributed by atoms with Gasteiger partial charge in [-0.3, -0.25) is 0 Å². The Hall–Kier alpha value is -1.06. The van der Waals surface area contributed by atoms with Gasteiger partial charge in [0.05, 0.1) is 12.7 Å². The van der Waals surface area contributed by atoms with E-state index in [1.54, 1.807) is 7.11 Å². The third-order valence-electron chi connectivity index (χ3n) is 4.19. The summed E-state index contributed by atoms with van der Waals surface area (Å²) < 4.78 is 11.4. The molecule has 0 aliphatic rings. The Morgan fingerprint density at radius 3 is 2.35 bits per heavy atom. The lowest BCUT2D eigenvalue weighted by Gasteiger charge is -2.40. The lowest BCUT2D eigenvalue weighted by atomic mass is 9.77. The lowest BCUT2D eigenvalue weighted by molar-refractivity contribution is -0.0756. The van der Waals surface area contributed by atoms with Gasteiger partial charge in [0.2, 0.25) is 0 Å². The number of hydrogen-bond acceptors (Lipinski definition) is 3. The second-order valence-electron chi connectivity index (χ2n) is 5.55. The molecule has 0 saturated carbocycles. The molecule has 0 N–H and O–H groups in total. The zero-order valence-electron chi connectivity index (χ0n) is 13.8. The second-order valence-corrected chi connectivity index (χ2v) is 5.55. The molecule has 1 aromatic rings. The number of hydrogen-bond donors (Lipinski definition) is 0. The first-order valence-electron chi connectivity index (χ1n) is 7.38. The topological polar surface area (TPSA) is 21.7 Å². The van der Waals surface area contributed by atoms with Crippen LogP contribution in [0.15, 0.2) is 24.3 Å². The summed E-state index contributed by atoms with van der Waals surface area (Å²) in [6, 6.07) is 8.27. The summed E-state index contributed by atoms with van der Waals surface area (Å²) in [6.45, 7) is 5.44. The van der Waals surface area contributed by atoms with Gasteiger partial charge in [0.15, 0.2) is 0 Å². The quantitative estimate of drug-likeness (QED) is 0.726. The van der Waals surface area contributed by atoms with Gasteiger partial charge in [0.25, 0.3) is 0 Å². The Labute approximate surface area is 123 Å². The van der Waals surface area contributed by atoms with Crippen LogP contribution in [0.5, 0.6) is 5.75 Å². The van der Waals surface area contributed by atoms with Crippen molar-refractivity contribution in [1.29, 1.82) is 0 Å². The zero-order chi connectivity index (χ0) is 15.2. The number of ether oxygens (including phenoxy) is 2. The lowest BCUT2D eigenvalue weighted by Crippen LogP contribution is -2.41. The molecule has 0 aliphatic carbocycles. The van der Waals surface area contributed by atoms with Crippen LogP contribution in [0, 0.1) is 5.92 Å². The van der Waals surface area contributed by atoms with Crippen LogP contribution in [-0.4, -0.2) is 39.8 Å². The van der Waals surface area contributed by atoms with Gasteiger partial charge in [-0.05, 0) is 44.6 Å². The van der Waals surface area contributed by atoms with Gasteiger partial charge in [0.1, 0.15) is 5.75 Å². The number of rotatable bonds is 8. The number of methoxy groups -OCH3 is 2. The fraction of sp³-hybridized carbons (Fsp3) is 0.647. The van der Waals surface area contributed by atoms with Crippen molar-refractivity contribution >= 4 is 0 Å². The van der Waals surface area contributed by atoms with E-state index in [9.17, 15) is 0 Å². The van der Waals surface area contributed by atoms with E-state index in [1.165, 1.54) is 5.56 Å². The maximum absolute atomic E-state index is 6.04. The largest absolute Gasteiger partial charge is 0.497 e. The predicted octanol–water partition coefficient (Wildman–Crippen LogP) is 3.53. The molecule has 0 aliphatic heterocycles. The highest BCUT2D eigenvalue weighted by molar-refractivity contribution is 5.33. The smallest absolute Gasteiger partial charge is 0.119 e. The van der Waals surface area contributed by atoms with E-state index in [-0.39, 0.29) is 5.60 Å². The molecular formula is C17H29NO2. The van der Waals surface area contributed by atoms with Gasteiger partial charge < -0.3 is 14.4 Å². The van der Waals surface area contributed by atoms with Gasteiger partial charge in [-0.15, -0.1) is 0 Å². The van der Waals surface area contributed by atoms with Crippen LogP contribution in [0.2, 0.25) is 0 Å². The number of benzene rings is 1. The number of nitrogens with zero attached hydrogens (tertiary/aromatic N) is 1. The van der Waals surface area contributed by atoms with Gasteiger partial charge in [-0.2, -0.15) is 0 Å². The molecular weight excluding hydrogens is 250 g/mol. The molecule has 1 aromatic carbocycles. The summed E-state index contributed by atoms with van der Waals surface area (Å²) >= 11 is 0. The Morgan fingerprint density at radius 2 is 1.90 bits per heavy atom. The van der Waals surface area contributed by atoms with Crippen LogP contribution in [0.4, 0.5) is 0 Å². The molecule has 1 rings (SSSR count). The Bertz CT molecular complexity index is 400. The van der Waals surface area contributed by atoms with Crippen molar-refractivity contribution in [3.8, 4) is 5.75 Å². The minimum absolute atomic E-state index is 0.256. The highest BCUT2D eigenvalue weighted by atomic mass is 16.5. The SMILES string of the molecule is CCC(CN(C)C)[C@@](CC)(OC)c1cccc(OC)c1. The van der Waals surface area contributed by atoms with Crippen molar-refractivity contribution in [2.45, 2.75) is 32.3 Å². The Morgan fingerprint density at radius 1 is 1.20 bits per heavy atom. The summed E-state index contributed by atoms with van der Waals surface area (Å²) in [5.74, 6) is 1.33. The van der Waals surface area contributed by atoms with Crippen molar-refractivity contribution in [2.24, 2.45) is 5.92 Å². The molecule has 1 unspecified atom stereocenters. The molecule has 20 heavy (non-hydrogen) atoms. The van der Waals surface area contributed by atoms with Crippen LogP contribution in [0.25, 0.3) is 0 Å². The standard InChI is InChI=1S/C17H29NO2/c1-7-14(13-18(3)4)17(8-2,20-6)15-10-9-11-16(12-15)19-5/h9-12,14H,7-8,13H2,1-6H3/t14?,17-/m1/s1. The van der Waals surface area contributed by atoms with Crippen LogP contribution in [-0.2, 0) is 10.3 Å². The molecule has 2 atom stereocenters. The maximum Gasteiger partial charge on any atom is 0.119 e. The van der Waals surface area contributed by atoms with Gasteiger partial charge >= 0.3 is 0 Å². The van der Waals surface area contributed by atoms with Crippen LogP contribution >= 0.6 is 0 Å². The van der Waals surface area contributed by atoms with Crippen molar-refractivity contribution < 1.29 is 9.47 Å². The molecule has 0 amide bonds. The fourth-order valence-corrected chi connectivity index (χ4v) is 3.09. The van der Waals surface area contributed by atoms with Crippen molar-refractivity contribution in [2.75, 3.05) is 34.9 Å². The van der Waals surface area contributed by atoms with Gasteiger partial charge in [0, 0.05) is 19.6 Å². The highest BCUT2D eigenvalue weighted by Gasteiger charge is 2.38. The summed E-state index contributed by atoms with van der Waals surface area (Å²) in [4.78, 5) is 2.23. The van der Waals surface area contributed by atoms with Crippen LogP contribution < -0.4 is 4.74 Å². The molecule has 0 heterocycles. The fourth-order valence-electron chi connectivity index (χ4n) is 3.09. The Balaban J connectivity index is 3.23. The van der Waals surface area contributed by atoms with E-state index in [2.05, 4.69) is 45.0 Å². The minimum atomic E-state index is -0.256. The summed E-state index contributed by atoms with van der Waals surface area (Å²) in [5.41, 5.74) is 0.948. The van der Waals surface area contributed by atoms with Crippen molar-refractivity contribution in [3.63, 3.8) is 0 Å². The van der Waals surface area contributed by atoms with E-state index in [0.29, 0.717) is 5.92 Å². The summed E-state index contributed by atoms with van der Waals surface area (Å²) in [6.07, 6.45) is 2.03. The highest BCUT2D eigenvalue weighted by Crippen LogP contribution is 2.40. The predicted molar refractivity (Wildman–Crippen MR) is 84.3 cm³/mol. The van der Waals surface area contributed by atoms with E-state index in [1.807, 2.05) is 19.2 Å². The summed E-state index contributed by atoms with van der Waals surface area (Å²) in [7, 11) is 7.76. The molecule has 0 radical (unpaired) electrons. The van der Waals surface area contributed by atoms with Crippen LogP contribution in [0.1, 0.15) is 32.3 Å². The molecule has 0 bridgehead atoms. The average molecular weight is 279 g/mol. The Kier molecular flexibility index (Phi) is 6.50. The molecule has 3 heteroatoms. The molecule has 0 spiro atoms. The van der Waals surface area contributed by atoms with Gasteiger partial charge in [-0.1, -0.05) is 26.0 Å². The second kappa shape index (κ2) is 7.65.